The first-order valence-electron chi connectivity index (χ1n) is 7.43. The van der Waals surface area contributed by atoms with Gasteiger partial charge in [-0.3, -0.25) is 0 Å². The molecule has 21 heavy (non-hydrogen) atoms. The van der Waals surface area contributed by atoms with E-state index in [9.17, 15) is 0 Å². The molecule has 2 heterocycles. The van der Waals surface area contributed by atoms with Crippen molar-refractivity contribution in [1.29, 1.82) is 0 Å². The predicted molar refractivity (Wildman–Crippen MR) is 84.7 cm³/mol. The zero-order valence-electron chi connectivity index (χ0n) is 12.8. The monoisotopic (exact) mass is 283 g/mol. The van der Waals surface area contributed by atoms with Gasteiger partial charge < -0.3 is 13.9 Å². The van der Waals surface area contributed by atoms with Crippen molar-refractivity contribution in [2.45, 2.75) is 40.0 Å². The molecule has 0 spiro atoms. The van der Waals surface area contributed by atoms with E-state index in [0.717, 1.165) is 24.7 Å². The standard InChI is InChI=1S/C17H21N3O/c1-4-19-10-8-18-17(19)12-20-9-7-14-11-15(21-13(2)3)5-6-16(14)20/h5-11,13H,4,12H2,1-3H3. The van der Waals surface area contributed by atoms with E-state index in [0.29, 0.717) is 0 Å². The van der Waals surface area contributed by atoms with Crippen LogP contribution in [0.5, 0.6) is 5.75 Å². The van der Waals surface area contributed by atoms with E-state index in [-0.39, 0.29) is 6.10 Å². The number of rotatable bonds is 5. The Morgan fingerprint density at radius 1 is 1.14 bits per heavy atom. The van der Waals surface area contributed by atoms with E-state index in [1.54, 1.807) is 0 Å². The van der Waals surface area contributed by atoms with Gasteiger partial charge in [0.05, 0.1) is 12.6 Å². The third-order valence-electron chi connectivity index (χ3n) is 3.57. The van der Waals surface area contributed by atoms with Gasteiger partial charge in [-0.2, -0.15) is 0 Å². The molecule has 0 unspecified atom stereocenters. The van der Waals surface area contributed by atoms with Crippen molar-refractivity contribution in [2.75, 3.05) is 0 Å². The van der Waals surface area contributed by atoms with Crippen molar-refractivity contribution in [3.05, 3.63) is 48.7 Å². The van der Waals surface area contributed by atoms with Crippen molar-refractivity contribution in [1.82, 2.24) is 14.1 Å². The average molecular weight is 283 g/mol. The minimum atomic E-state index is 0.196. The van der Waals surface area contributed by atoms with E-state index in [4.69, 9.17) is 4.74 Å². The highest BCUT2D eigenvalue weighted by Crippen LogP contribution is 2.23. The molecule has 1 aromatic carbocycles. The first kappa shape index (κ1) is 13.7. The summed E-state index contributed by atoms with van der Waals surface area (Å²) in [6.45, 7) is 7.95. The molecule has 0 fully saturated rings. The van der Waals surface area contributed by atoms with Gasteiger partial charge in [-0.15, -0.1) is 0 Å². The topological polar surface area (TPSA) is 32.0 Å². The van der Waals surface area contributed by atoms with Gasteiger partial charge in [0.1, 0.15) is 11.6 Å². The Kier molecular flexibility index (Phi) is 3.69. The number of aromatic nitrogens is 3. The lowest BCUT2D eigenvalue weighted by atomic mass is 10.2. The number of aryl methyl sites for hydroxylation is 1. The highest BCUT2D eigenvalue weighted by atomic mass is 16.5. The van der Waals surface area contributed by atoms with Crippen molar-refractivity contribution in [3.8, 4) is 5.75 Å². The van der Waals surface area contributed by atoms with Crippen LogP contribution < -0.4 is 4.74 Å². The molecule has 0 atom stereocenters. The molecular formula is C17H21N3O. The average Bonchev–Trinajstić information content (AvgIpc) is 3.05. The Hall–Kier alpha value is -2.23. The first-order chi connectivity index (χ1) is 10.2. The van der Waals surface area contributed by atoms with Crippen LogP contribution in [-0.2, 0) is 13.1 Å². The number of hydrogen-bond acceptors (Lipinski definition) is 2. The third-order valence-corrected chi connectivity index (χ3v) is 3.57. The lowest BCUT2D eigenvalue weighted by molar-refractivity contribution is 0.243. The van der Waals surface area contributed by atoms with Gasteiger partial charge in [-0.25, -0.2) is 4.98 Å². The quantitative estimate of drug-likeness (QED) is 0.715. The van der Waals surface area contributed by atoms with Crippen LogP contribution in [0.4, 0.5) is 0 Å². The van der Waals surface area contributed by atoms with Crippen LogP contribution in [0.25, 0.3) is 10.9 Å². The van der Waals surface area contributed by atoms with Crippen molar-refractivity contribution in [2.24, 2.45) is 0 Å². The number of imidazole rings is 1. The van der Waals surface area contributed by atoms with Crippen LogP contribution in [0.3, 0.4) is 0 Å². The molecule has 0 saturated carbocycles. The molecule has 0 saturated heterocycles. The molecule has 0 aliphatic carbocycles. The molecule has 0 aliphatic rings. The summed E-state index contributed by atoms with van der Waals surface area (Å²) >= 11 is 0. The van der Waals surface area contributed by atoms with E-state index in [1.807, 2.05) is 32.3 Å². The maximum Gasteiger partial charge on any atom is 0.128 e. The van der Waals surface area contributed by atoms with Gasteiger partial charge in [0.25, 0.3) is 0 Å². The maximum absolute atomic E-state index is 5.75. The Morgan fingerprint density at radius 2 is 2.00 bits per heavy atom. The number of hydrogen-bond donors (Lipinski definition) is 0. The SMILES string of the molecule is CCn1ccnc1Cn1ccc2cc(OC(C)C)ccc21. The third kappa shape index (κ3) is 2.79. The number of fused-ring (bicyclic) bond motifs is 1. The largest absolute Gasteiger partial charge is 0.491 e. The molecule has 0 N–H and O–H groups in total. The summed E-state index contributed by atoms with van der Waals surface area (Å²) in [5.74, 6) is 2.00. The predicted octanol–water partition coefficient (Wildman–Crippen LogP) is 3.69. The lowest BCUT2D eigenvalue weighted by Gasteiger charge is -2.10. The zero-order valence-corrected chi connectivity index (χ0v) is 12.8. The van der Waals surface area contributed by atoms with E-state index in [2.05, 4.69) is 45.4 Å². The van der Waals surface area contributed by atoms with Gasteiger partial charge >= 0.3 is 0 Å². The van der Waals surface area contributed by atoms with Gasteiger partial charge in [-0.1, -0.05) is 0 Å². The fourth-order valence-corrected chi connectivity index (χ4v) is 2.59. The molecule has 0 aliphatic heterocycles. The summed E-state index contributed by atoms with van der Waals surface area (Å²) in [5.41, 5.74) is 1.21. The van der Waals surface area contributed by atoms with Crippen LogP contribution in [0.15, 0.2) is 42.9 Å². The van der Waals surface area contributed by atoms with Gasteiger partial charge in [0.2, 0.25) is 0 Å². The molecule has 110 valence electrons. The summed E-state index contributed by atoms with van der Waals surface area (Å²) in [4.78, 5) is 4.44. The molecule has 0 bridgehead atoms. The summed E-state index contributed by atoms with van der Waals surface area (Å²) in [7, 11) is 0. The summed E-state index contributed by atoms with van der Waals surface area (Å²) in [6, 6.07) is 8.37. The molecule has 3 aromatic rings. The Bertz CT molecular complexity index is 739. The minimum Gasteiger partial charge on any atom is -0.491 e. The van der Waals surface area contributed by atoms with E-state index in [1.165, 1.54) is 10.9 Å². The molecule has 4 heteroatoms. The van der Waals surface area contributed by atoms with Gasteiger partial charge in [-0.05, 0) is 45.0 Å². The zero-order chi connectivity index (χ0) is 14.8. The number of benzene rings is 1. The Balaban J connectivity index is 1.90. The molecule has 0 amide bonds. The second-order valence-electron chi connectivity index (χ2n) is 5.46. The minimum absolute atomic E-state index is 0.196. The highest BCUT2D eigenvalue weighted by Gasteiger charge is 2.07. The van der Waals surface area contributed by atoms with Crippen molar-refractivity contribution < 1.29 is 4.74 Å². The van der Waals surface area contributed by atoms with Crippen molar-refractivity contribution >= 4 is 10.9 Å². The molecule has 3 rings (SSSR count). The summed E-state index contributed by atoms with van der Waals surface area (Å²) in [6.07, 6.45) is 6.19. The second-order valence-corrected chi connectivity index (χ2v) is 5.46. The fourth-order valence-electron chi connectivity index (χ4n) is 2.59. The van der Waals surface area contributed by atoms with Gasteiger partial charge in [0.15, 0.2) is 0 Å². The highest BCUT2D eigenvalue weighted by molar-refractivity contribution is 5.81. The molecule has 2 aromatic heterocycles. The van der Waals surface area contributed by atoms with E-state index >= 15 is 0 Å². The number of nitrogens with zero attached hydrogens (tertiary/aromatic N) is 3. The van der Waals surface area contributed by atoms with Crippen LogP contribution in [0.2, 0.25) is 0 Å². The van der Waals surface area contributed by atoms with Crippen molar-refractivity contribution in [3.63, 3.8) is 0 Å². The maximum atomic E-state index is 5.75. The number of ether oxygens (including phenoxy) is 1. The van der Waals surface area contributed by atoms with Crippen LogP contribution in [-0.4, -0.2) is 20.2 Å². The van der Waals surface area contributed by atoms with Crippen LogP contribution >= 0.6 is 0 Å². The van der Waals surface area contributed by atoms with Gasteiger partial charge in [0, 0.05) is 36.0 Å². The van der Waals surface area contributed by atoms with E-state index < -0.39 is 0 Å². The smallest absolute Gasteiger partial charge is 0.128 e. The Morgan fingerprint density at radius 3 is 2.76 bits per heavy atom. The second kappa shape index (κ2) is 5.64. The first-order valence-corrected chi connectivity index (χ1v) is 7.43. The van der Waals surface area contributed by atoms with Crippen LogP contribution in [0.1, 0.15) is 26.6 Å². The summed E-state index contributed by atoms with van der Waals surface area (Å²) < 4.78 is 10.1. The molecular weight excluding hydrogens is 262 g/mol. The summed E-state index contributed by atoms with van der Waals surface area (Å²) in [5, 5.41) is 1.20. The lowest BCUT2D eigenvalue weighted by Crippen LogP contribution is -2.07. The molecule has 4 nitrogen and oxygen atoms in total. The van der Waals surface area contributed by atoms with Crippen LogP contribution in [0, 0.1) is 0 Å². The normalized spacial score (nSPS) is 11.4. The molecule has 0 radical (unpaired) electrons. The Labute approximate surface area is 125 Å². The fraction of sp³-hybridized carbons (Fsp3) is 0.353.